The molecule has 0 unspecified atom stereocenters. The summed E-state index contributed by atoms with van der Waals surface area (Å²) in [5.41, 5.74) is 2.58. The van der Waals surface area contributed by atoms with E-state index < -0.39 is 10.0 Å². The van der Waals surface area contributed by atoms with Crippen LogP contribution in [0.25, 0.3) is 10.9 Å². The van der Waals surface area contributed by atoms with Gasteiger partial charge in [0.1, 0.15) is 0 Å². The molecule has 6 nitrogen and oxygen atoms in total. The smallest absolute Gasteiger partial charge is 0.261 e. The molecule has 0 bridgehead atoms. The first-order chi connectivity index (χ1) is 12.1. The number of aromatic amines is 1. The lowest BCUT2D eigenvalue weighted by Crippen LogP contribution is -2.43. The molecule has 2 heterocycles. The molecule has 0 aliphatic carbocycles. The van der Waals surface area contributed by atoms with E-state index in [4.69, 9.17) is 0 Å². The maximum atomic E-state index is 12.6. The van der Waals surface area contributed by atoms with E-state index in [0.717, 1.165) is 42.8 Å². The number of nitrogens with zero attached hydrogens (tertiary/aromatic N) is 1. The number of aromatic nitrogens is 1. The van der Waals surface area contributed by atoms with Crippen molar-refractivity contribution in [1.82, 2.24) is 10.3 Å². The molecule has 0 radical (unpaired) electrons. The third kappa shape index (κ3) is 3.33. The van der Waals surface area contributed by atoms with Gasteiger partial charge < -0.3 is 15.2 Å². The Bertz CT molecular complexity index is 974. The number of hydrogen-bond donors (Lipinski definition) is 3. The number of fused-ring (bicyclic) bond motifs is 1. The van der Waals surface area contributed by atoms with Gasteiger partial charge in [-0.15, -0.1) is 0 Å². The topological polar surface area (TPSA) is 77.2 Å². The number of nitrogens with one attached hydrogen (secondary N) is 3. The number of piperazine rings is 1. The van der Waals surface area contributed by atoms with Crippen molar-refractivity contribution in [1.29, 1.82) is 0 Å². The number of hydrogen-bond acceptors (Lipinski definition) is 4. The molecule has 25 heavy (non-hydrogen) atoms. The van der Waals surface area contributed by atoms with E-state index in [2.05, 4.69) is 19.9 Å². The van der Waals surface area contributed by atoms with Gasteiger partial charge in [-0.05, 0) is 48.5 Å². The summed E-state index contributed by atoms with van der Waals surface area (Å²) in [6, 6.07) is 14.4. The SMILES string of the molecule is O=S(=O)(Nc1ccc2[nH]ccc2c1)c1ccc(N2CCNCC2)cc1. The van der Waals surface area contributed by atoms with E-state index in [-0.39, 0.29) is 4.90 Å². The molecule has 0 spiro atoms. The maximum Gasteiger partial charge on any atom is 0.261 e. The van der Waals surface area contributed by atoms with E-state index >= 15 is 0 Å². The molecule has 3 aromatic rings. The first-order valence-electron chi connectivity index (χ1n) is 8.27. The first-order valence-corrected chi connectivity index (χ1v) is 9.76. The van der Waals surface area contributed by atoms with Gasteiger partial charge in [0.15, 0.2) is 0 Å². The second kappa shape index (κ2) is 6.42. The number of benzene rings is 2. The third-order valence-corrected chi connectivity index (χ3v) is 5.83. The first kappa shape index (κ1) is 16.0. The van der Waals surface area contributed by atoms with Crippen LogP contribution in [0.4, 0.5) is 11.4 Å². The Morgan fingerprint density at radius 2 is 1.72 bits per heavy atom. The molecule has 130 valence electrons. The molecular formula is C18H20N4O2S. The summed E-state index contributed by atoms with van der Waals surface area (Å²) in [5.74, 6) is 0. The van der Waals surface area contributed by atoms with Crippen LogP contribution in [0.15, 0.2) is 59.6 Å². The Kier molecular flexibility index (Phi) is 4.10. The minimum absolute atomic E-state index is 0.264. The second-order valence-electron chi connectivity index (χ2n) is 6.12. The zero-order chi connectivity index (χ0) is 17.3. The van der Waals surface area contributed by atoms with Crippen LogP contribution in [0.3, 0.4) is 0 Å². The van der Waals surface area contributed by atoms with Gasteiger partial charge >= 0.3 is 0 Å². The highest BCUT2D eigenvalue weighted by molar-refractivity contribution is 7.92. The molecule has 0 atom stereocenters. The van der Waals surface area contributed by atoms with Gasteiger partial charge in [-0.1, -0.05) is 0 Å². The molecule has 3 N–H and O–H groups in total. The van der Waals surface area contributed by atoms with E-state index in [9.17, 15) is 8.42 Å². The van der Waals surface area contributed by atoms with Gasteiger partial charge in [-0.2, -0.15) is 0 Å². The fourth-order valence-corrected chi connectivity index (χ4v) is 4.14. The van der Waals surface area contributed by atoms with E-state index in [1.54, 1.807) is 18.2 Å². The van der Waals surface area contributed by atoms with Crippen molar-refractivity contribution in [3.63, 3.8) is 0 Å². The summed E-state index contributed by atoms with van der Waals surface area (Å²) in [5, 5.41) is 4.28. The highest BCUT2D eigenvalue weighted by atomic mass is 32.2. The van der Waals surface area contributed by atoms with Gasteiger partial charge in [0, 0.05) is 54.7 Å². The van der Waals surface area contributed by atoms with Crippen LogP contribution >= 0.6 is 0 Å². The summed E-state index contributed by atoms with van der Waals surface area (Å²) in [6.45, 7) is 3.76. The zero-order valence-corrected chi connectivity index (χ0v) is 14.5. The summed E-state index contributed by atoms with van der Waals surface area (Å²) < 4.78 is 27.9. The highest BCUT2D eigenvalue weighted by Crippen LogP contribution is 2.23. The molecule has 0 saturated carbocycles. The Balaban J connectivity index is 1.54. The minimum atomic E-state index is -3.60. The standard InChI is InChI=1S/C18H20N4O2S/c23-25(24,21-15-1-6-18-14(13-15)7-8-20-18)17-4-2-16(3-5-17)22-11-9-19-10-12-22/h1-8,13,19-21H,9-12H2. The predicted molar refractivity (Wildman–Crippen MR) is 101 cm³/mol. The van der Waals surface area contributed by atoms with Crippen LogP contribution in [0.5, 0.6) is 0 Å². The lowest BCUT2D eigenvalue weighted by Gasteiger charge is -2.29. The van der Waals surface area contributed by atoms with Crippen LogP contribution in [0, 0.1) is 0 Å². The molecule has 1 fully saturated rings. The molecule has 7 heteroatoms. The predicted octanol–water partition coefficient (Wildman–Crippen LogP) is 2.38. The number of rotatable bonds is 4. The van der Waals surface area contributed by atoms with Gasteiger partial charge in [0.2, 0.25) is 0 Å². The fraction of sp³-hybridized carbons (Fsp3) is 0.222. The van der Waals surface area contributed by atoms with Crippen LogP contribution in [-0.2, 0) is 10.0 Å². The summed E-state index contributed by atoms with van der Waals surface area (Å²) >= 11 is 0. The molecule has 0 amide bonds. The summed E-state index contributed by atoms with van der Waals surface area (Å²) in [4.78, 5) is 5.61. The largest absolute Gasteiger partial charge is 0.369 e. The molecule has 1 aliphatic rings. The fourth-order valence-electron chi connectivity index (χ4n) is 3.09. The van der Waals surface area contributed by atoms with Crippen molar-refractivity contribution in [3.05, 3.63) is 54.7 Å². The Hall–Kier alpha value is -2.51. The van der Waals surface area contributed by atoms with Crippen molar-refractivity contribution in [3.8, 4) is 0 Å². The normalized spacial score (nSPS) is 15.4. The monoisotopic (exact) mass is 356 g/mol. The van der Waals surface area contributed by atoms with Crippen LogP contribution in [-0.4, -0.2) is 39.6 Å². The second-order valence-corrected chi connectivity index (χ2v) is 7.80. The molecule has 2 aromatic carbocycles. The average Bonchev–Trinajstić information content (AvgIpc) is 3.10. The third-order valence-electron chi connectivity index (χ3n) is 4.43. The summed E-state index contributed by atoms with van der Waals surface area (Å²) in [6.07, 6.45) is 1.83. The molecule has 1 saturated heterocycles. The summed E-state index contributed by atoms with van der Waals surface area (Å²) in [7, 11) is -3.60. The maximum absolute atomic E-state index is 12.6. The van der Waals surface area contributed by atoms with Crippen LogP contribution in [0.2, 0.25) is 0 Å². The van der Waals surface area contributed by atoms with Gasteiger partial charge in [-0.3, -0.25) is 4.72 Å². The van der Waals surface area contributed by atoms with E-state index in [0.29, 0.717) is 5.69 Å². The zero-order valence-electron chi connectivity index (χ0n) is 13.7. The number of H-pyrrole nitrogens is 1. The van der Waals surface area contributed by atoms with Crippen LogP contribution in [0.1, 0.15) is 0 Å². The van der Waals surface area contributed by atoms with Gasteiger partial charge in [0.05, 0.1) is 4.90 Å². The average molecular weight is 356 g/mol. The number of sulfonamides is 1. The lowest BCUT2D eigenvalue weighted by atomic mass is 10.2. The van der Waals surface area contributed by atoms with Gasteiger partial charge in [-0.25, -0.2) is 8.42 Å². The molecule has 1 aromatic heterocycles. The minimum Gasteiger partial charge on any atom is -0.369 e. The van der Waals surface area contributed by atoms with E-state index in [1.165, 1.54) is 0 Å². The van der Waals surface area contributed by atoms with Crippen molar-refractivity contribution in [2.24, 2.45) is 0 Å². The van der Waals surface area contributed by atoms with Crippen LogP contribution < -0.4 is 14.9 Å². The van der Waals surface area contributed by atoms with E-state index in [1.807, 2.05) is 36.5 Å². The van der Waals surface area contributed by atoms with Crippen molar-refractivity contribution in [2.45, 2.75) is 4.90 Å². The molecule has 1 aliphatic heterocycles. The Morgan fingerprint density at radius 3 is 2.48 bits per heavy atom. The quantitative estimate of drug-likeness (QED) is 0.671. The van der Waals surface area contributed by atoms with Crippen molar-refractivity contribution in [2.75, 3.05) is 35.8 Å². The van der Waals surface area contributed by atoms with Crippen molar-refractivity contribution >= 4 is 32.3 Å². The molecular weight excluding hydrogens is 336 g/mol. The Labute approximate surface area is 146 Å². The van der Waals surface area contributed by atoms with Gasteiger partial charge in [0.25, 0.3) is 10.0 Å². The highest BCUT2D eigenvalue weighted by Gasteiger charge is 2.16. The lowest BCUT2D eigenvalue weighted by molar-refractivity contribution is 0.589. The Morgan fingerprint density at radius 1 is 0.960 bits per heavy atom. The molecule has 4 rings (SSSR count). The number of anilines is 2. The van der Waals surface area contributed by atoms with Crippen molar-refractivity contribution < 1.29 is 8.42 Å².